The van der Waals surface area contributed by atoms with Crippen LogP contribution in [0.1, 0.15) is 35.7 Å². The first-order valence-corrected chi connectivity index (χ1v) is 9.80. The lowest BCUT2D eigenvalue weighted by Crippen LogP contribution is -2.24. The van der Waals surface area contributed by atoms with Crippen LogP contribution in [-0.2, 0) is 22.6 Å². The Balaban J connectivity index is 1.67. The lowest BCUT2D eigenvalue weighted by atomic mass is 10.1. The zero-order chi connectivity index (χ0) is 19.7. The number of benzene rings is 2. The highest BCUT2D eigenvalue weighted by atomic mass is 35.5. The fraction of sp³-hybridized carbons (Fsp3) is 0.273. The third-order valence-corrected chi connectivity index (χ3v) is 5.32. The number of esters is 1. The molecule has 4 rings (SSSR count). The van der Waals surface area contributed by atoms with E-state index in [2.05, 4.69) is 6.92 Å². The summed E-state index contributed by atoms with van der Waals surface area (Å²) in [5.74, 6) is -0.397. The maximum absolute atomic E-state index is 13.0. The van der Waals surface area contributed by atoms with E-state index in [1.807, 2.05) is 47.2 Å². The minimum atomic E-state index is -0.278. The van der Waals surface area contributed by atoms with Gasteiger partial charge >= 0.3 is 5.97 Å². The number of unbranched alkanes of at least 4 members (excludes halogenated alkanes) is 1. The summed E-state index contributed by atoms with van der Waals surface area (Å²) in [4.78, 5) is 27.0. The Hall–Kier alpha value is -2.79. The number of hydrogen-bond donors (Lipinski definition) is 0. The van der Waals surface area contributed by atoms with Gasteiger partial charge in [0, 0.05) is 11.6 Å². The van der Waals surface area contributed by atoms with Crippen LogP contribution in [-0.4, -0.2) is 23.1 Å². The quantitative estimate of drug-likeness (QED) is 0.444. The molecule has 144 valence electrons. The minimum absolute atomic E-state index is 0.111. The Bertz CT molecular complexity index is 1060. The molecule has 0 saturated carbocycles. The van der Waals surface area contributed by atoms with Crippen molar-refractivity contribution < 1.29 is 14.3 Å². The van der Waals surface area contributed by atoms with Gasteiger partial charge in [0.2, 0.25) is 0 Å². The number of amides is 1. The molecule has 0 aliphatic carbocycles. The molecule has 1 aromatic heterocycles. The standard InChI is InChI=1S/C22H21ClN2O3/c1-2-3-12-28-19(26)14-24-11-10-15-6-5-9-18(21(15)24)25-13-16-7-4-8-17(23)20(16)22(25)27/h4-11H,2-3,12-14H2,1H3. The number of carbonyl (C=O) groups is 2. The molecule has 5 nitrogen and oxygen atoms in total. The molecule has 0 bridgehead atoms. The molecule has 0 fully saturated rings. The van der Waals surface area contributed by atoms with Crippen LogP contribution in [0.2, 0.25) is 5.02 Å². The van der Waals surface area contributed by atoms with Gasteiger partial charge in [-0.3, -0.25) is 9.59 Å². The van der Waals surface area contributed by atoms with Crippen LogP contribution in [0.5, 0.6) is 0 Å². The third-order valence-electron chi connectivity index (χ3n) is 5.01. The zero-order valence-corrected chi connectivity index (χ0v) is 16.4. The molecule has 1 amide bonds. The summed E-state index contributed by atoms with van der Waals surface area (Å²) in [6, 6.07) is 13.2. The van der Waals surface area contributed by atoms with Gasteiger partial charge in [-0.05, 0) is 30.2 Å². The van der Waals surface area contributed by atoms with Crippen LogP contribution < -0.4 is 4.90 Å². The van der Waals surface area contributed by atoms with Crippen molar-refractivity contribution in [2.45, 2.75) is 32.9 Å². The molecular formula is C22H21ClN2O3. The largest absolute Gasteiger partial charge is 0.464 e. The average molecular weight is 397 g/mol. The summed E-state index contributed by atoms with van der Waals surface area (Å²) in [6.45, 7) is 3.05. The second-order valence-corrected chi connectivity index (χ2v) is 7.31. The Morgan fingerprint density at radius 2 is 2.00 bits per heavy atom. The van der Waals surface area contributed by atoms with Crippen LogP contribution in [0.25, 0.3) is 10.9 Å². The predicted molar refractivity (Wildman–Crippen MR) is 110 cm³/mol. The van der Waals surface area contributed by atoms with E-state index in [1.165, 1.54) is 0 Å². The Morgan fingerprint density at radius 1 is 1.18 bits per heavy atom. The van der Waals surface area contributed by atoms with Crippen molar-refractivity contribution >= 4 is 40.1 Å². The van der Waals surface area contributed by atoms with Crippen molar-refractivity contribution in [1.29, 1.82) is 0 Å². The topological polar surface area (TPSA) is 51.5 Å². The second kappa shape index (κ2) is 7.68. The molecule has 0 spiro atoms. The first-order valence-electron chi connectivity index (χ1n) is 9.43. The van der Waals surface area contributed by atoms with Crippen LogP contribution in [0.3, 0.4) is 0 Å². The number of hydrogen-bond acceptors (Lipinski definition) is 3. The van der Waals surface area contributed by atoms with Crippen molar-refractivity contribution in [3.63, 3.8) is 0 Å². The molecule has 0 atom stereocenters. The van der Waals surface area contributed by atoms with Gasteiger partial charge in [0.1, 0.15) is 6.54 Å². The fourth-order valence-electron chi connectivity index (χ4n) is 3.62. The summed E-state index contributed by atoms with van der Waals surface area (Å²) in [5.41, 5.74) is 3.07. The molecule has 2 aromatic carbocycles. The number of anilines is 1. The van der Waals surface area contributed by atoms with Gasteiger partial charge in [0.25, 0.3) is 5.91 Å². The molecule has 0 unspecified atom stereocenters. The molecule has 2 heterocycles. The highest BCUT2D eigenvalue weighted by Gasteiger charge is 2.32. The summed E-state index contributed by atoms with van der Waals surface area (Å²) in [7, 11) is 0. The predicted octanol–water partition coefficient (Wildman–Crippen LogP) is 4.80. The number of carbonyl (C=O) groups excluding carboxylic acids is 2. The van der Waals surface area contributed by atoms with Crippen molar-refractivity contribution in [2.75, 3.05) is 11.5 Å². The Labute approximate surface area is 168 Å². The molecule has 6 heteroatoms. The maximum atomic E-state index is 13.0. The molecular weight excluding hydrogens is 376 g/mol. The number of nitrogens with zero attached hydrogens (tertiary/aromatic N) is 2. The number of rotatable bonds is 6. The normalized spacial score (nSPS) is 13.2. The number of fused-ring (bicyclic) bond motifs is 2. The minimum Gasteiger partial charge on any atom is -0.464 e. The van der Waals surface area contributed by atoms with Crippen LogP contribution in [0.4, 0.5) is 5.69 Å². The van der Waals surface area contributed by atoms with E-state index in [1.54, 1.807) is 11.0 Å². The van der Waals surface area contributed by atoms with Crippen molar-refractivity contribution in [3.05, 3.63) is 64.8 Å². The van der Waals surface area contributed by atoms with Crippen molar-refractivity contribution in [2.24, 2.45) is 0 Å². The van der Waals surface area contributed by atoms with E-state index in [9.17, 15) is 9.59 Å². The SMILES string of the molecule is CCCCOC(=O)Cn1ccc2cccc(N3Cc4cccc(Cl)c4C3=O)c21. The lowest BCUT2D eigenvalue weighted by molar-refractivity contribution is -0.144. The summed E-state index contributed by atoms with van der Waals surface area (Å²) in [6.07, 6.45) is 3.69. The van der Waals surface area contributed by atoms with Gasteiger partial charge in [-0.1, -0.05) is 49.2 Å². The van der Waals surface area contributed by atoms with E-state index in [0.29, 0.717) is 23.7 Å². The number of para-hydroxylation sites is 1. The summed E-state index contributed by atoms with van der Waals surface area (Å²) < 4.78 is 7.14. The average Bonchev–Trinajstić information content (AvgIpc) is 3.24. The van der Waals surface area contributed by atoms with Crippen molar-refractivity contribution in [3.8, 4) is 0 Å². The summed E-state index contributed by atoms with van der Waals surface area (Å²) >= 11 is 6.26. The van der Waals surface area contributed by atoms with E-state index in [4.69, 9.17) is 16.3 Å². The molecule has 0 N–H and O–H groups in total. The van der Waals surface area contributed by atoms with Crippen LogP contribution >= 0.6 is 11.6 Å². The van der Waals surface area contributed by atoms with Crippen LogP contribution in [0, 0.1) is 0 Å². The van der Waals surface area contributed by atoms with E-state index < -0.39 is 0 Å². The van der Waals surface area contributed by atoms with Gasteiger partial charge in [0.15, 0.2) is 0 Å². The van der Waals surface area contributed by atoms with Gasteiger partial charge in [-0.2, -0.15) is 0 Å². The molecule has 28 heavy (non-hydrogen) atoms. The van der Waals surface area contributed by atoms with E-state index in [0.717, 1.165) is 35.0 Å². The molecule has 0 saturated heterocycles. The smallest absolute Gasteiger partial charge is 0.325 e. The molecule has 1 aliphatic rings. The Morgan fingerprint density at radius 3 is 2.79 bits per heavy atom. The third kappa shape index (κ3) is 3.27. The van der Waals surface area contributed by atoms with Crippen molar-refractivity contribution in [1.82, 2.24) is 4.57 Å². The molecule has 3 aromatic rings. The maximum Gasteiger partial charge on any atom is 0.325 e. The monoisotopic (exact) mass is 396 g/mol. The Kier molecular flexibility index (Phi) is 5.09. The van der Waals surface area contributed by atoms with Gasteiger partial charge in [-0.15, -0.1) is 0 Å². The fourth-order valence-corrected chi connectivity index (χ4v) is 3.89. The van der Waals surface area contributed by atoms with Gasteiger partial charge in [0.05, 0.1) is 34.9 Å². The van der Waals surface area contributed by atoms with E-state index in [-0.39, 0.29) is 18.4 Å². The zero-order valence-electron chi connectivity index (χ0n) is 15.7. The second-order valence-electron chi connectivity index (χ2n) is 6.90. The highest BCUT2D eigenvalue weighted by molar-refractivity contribution is 6.35. The first-order chi connectivity index (χ1) is 13.6. The molecule has 0 radical (unpaired) electrons. The number of halogens is 1. The summed E-state index contributed by atoms with van der Waals surface area (Å²) in [5, 5.41) is 1.43. The lowest BCUT2D eigenvalue weighted by Gasteiger charge is -2.19. The number of ether oxygens (including phenoxy) is 1. The van der Waals surface area contributed by atoms with Gasteiger partial charge in [-0.25, -0.2) is 0 Å². The first kappa shape index (κ1) is 18.6. The number of aromatic nitrogens is 1. The van der Waals surface area contributed by atoms with Crippen LogP contribution in [0.15, 0.2) is 48.7 Å². The highest BCUT2D eigenvalue weighted by Crippen LogP contribution is 2.36. The van der Waals surface area contributed by atoms with E-state index >= 15 is 0 Å². The molecule has 1 aliphatic heterocycles. The van der Waals surface area contributed by atoms with Gasteiger partial charge < -0.3 is 14.2 Å².